The van der Waals surface area contributed by atoms with Gasteiger partial charge < -0.3 is 21.5 Å². The lowest BCUT2D eigenvalue weighted by Gasteiger charge is -2.26. The number of para-hydroxylation sites is 1. The minimum Gasteiger partial charge on any atom is -0.405 e. The summed E-state index contributed by atoms with van der Waals surface area (Å²) >= 11 is 6.28. The first-order chi connectivity index (χ1) is 13.7. The number of ether oxygens (including phenoxy) is 1. The minimum atomic E-state index is -4.77. The molecule has 1 aromatic heterocycles. The number of hydrogen-bond donors (Lipinski definition) is 3. The molecule has 3 rings (SSSR count). The minimum absolute atomic E-state index is 0.0328. The number of nitrogen functional groups attached to an aromatic ring is 1. The Labute approximate surface area is 171 Å². The summed E-state index contributed by atoms with van der Waals surface area (Å²) in [4.78, 5) is 8.54. The topological polar surface area (TPSA) is 99.1 Å². The zero-order chi connectivity index (χ0) is 21.0. The van der Waals surface area contributed by atoms with Gasteiger partial charge in [-0.05, 0) is 44.1 Å². The van der Waals surface area contributed by atoms with Crippen LogP contribution in [0, 0.1) is 5.92 Å². The average Bonchev–Trinajstić information content (AvgIpc) is 2.65. The monoisotopic (exact) mass is 429 g/mol. The van der Waals surface area contributed by atoms with Crippen molar-refractivity contribution in [2.45, 2.75) is 51.1 Å². The standard InChI is InChI=1S/C19H23ClF3N5O/c20-16-14(9-11-5-7-13(24)8-6-11)27-18(28-17(16)25)26-10-12-3-1-2-4-15(12)29-19(21,22)23/h1-4,11,13H,5-10,24H2,(H3,25,26,27,28)/t11-,13+. The van der Waals surface area contributed by atoms with E-state index < -0.39 is 6.36 Å². The fourth-order valence-electron chi connectivity index (χ4n) is 3.44. The zero-order valence-corrected chi connectivity index (χ0v) is 16.4. The van der Waals surface area contributed by atoms with E-state index in [2.05, 4.69) is 20.0 Å². The van der Waals surface area contributed by atoms with Gasteiger partial charge in [0.25, 0.3) is 0 Å². The summed E-state index contributed by atoms with van der Waals surface area (Å²) in [6.07, 6.45) is -0.208. The van der Waals surface area contributed by atoms with Crippen molar-refractivity contribution in [1.82, 2.24) is 9.97 Å². The summed E-state index contributed by atoms with van der Waals surface area (Å²) in [5.41, 5.74) is 12.8. The van der Waals surface area contributed by atoms with Crippen LogP contribution in [0.15, 0.2) is 24.3 Å². The molecule has 29 heavy (non-hydrogen) atoms. The van der Waals surface area contributed by atoms with E-state index in [-0.39, 0.29) is 30.1 Å². The van der Waals surface area contributed by atoms with Crippen molar-refractivity contribution < 1.29 is 17.9 Å². The Hall–Kier alpha value is -2.26. The SMILES string of the molecule is Nc1nc(NCc2ccccc2OC(F)(F)F)nc(C[C@H]2CC[C@@H](N)CC2)c1Cl. The van der Waals surface area contributed by atoms with Crippen molar-refractivity contribution >= 4 is 23.4 Å². The van der Waals surface area contributed by atoms with Gasteiger partial charge in [-0.15, -0.1) is 13.2 Å². The van der Waals surface area contributed by atoms with Crippen molar-refractivity contribution in [3.63, 3.8) is 0 Å². The normalized spacial score (nSPS) is 19.8. The van der Waals surface area contributed by atoms with Crippen LogP contribution < -0.4 is 21.5 Å². The maximum Gasteiger partial charge on any atom is 0.573 e. The van der Waals surface area contributed by atoms with Crippen molar-refractivity contribution in [2.75, 3.05) is 11.1 Å². The Kier molecular flexibility index (Phi) is 6.69. The number of anilines is 2. The lowest BCUT2D eigenvalue weighted by Crippen LogP contribution is -2.27. The first kappa shape index (κ1) is 21.4. The summed E-state index contributed by atoms with van der Waals surface area (Å²) in [5, 5.41) is 3.22. The van der Waals surface area contributed by atoms with Gasteiger partial charge in [0.15, 0.2) is 0 Å². The second-order valence-corrected chi connectivity index (χ2v) is 7.57. The van der Waals surface area contributed by atoms with E-state index in [0.29, 0.717) is 28.6 Å². The number of rotatable bonds is 6. The molecular formula is C19H23ClF3N5O. The molecule has 0 radical (unpaired) electrons. The average molecular weight is 430 g/mol. The molecule has 2 aromatic rings. The van der Waals surface area contributed by atoms with Crippen LogP contribution in [-0.2, 0) is 13.0 Å². The highest BCUT2D eigenvalue weighted by molar-refractivity contribution is 6.33. The molecule has 158 valence electrons. The number of nitrogens with zero attached hydrogens (tertiary/aromatic N) is 2. The van der Waals surface area contributed by atoms with Gasteiger partial charge in [0.1, 0.15) is 16.6 Å². The quantitative estimate of drug-likeness (QED) is 0.633. The van der Waals surface area contributed by atoms with Gasteiger partial charge in [0.05, 0.1) is 5.69 Å². The van der Waals surface area contributed by atoms with E-state index in [1.54, 1.807) is 6.07 Å². The number of halogens is 4. The van der Waals surface area contributed by atoms with Gasteiger partial charge in [-0.2, -0.15) is 4.98 Å². The molecule has 0 unspecified atom stereocenters. The molecule has 0 amide bonds. The van der Waals surface area contributed by atoms with Crippen molar-refractivity contribution in [1.29, 1.82) is 0 Å². The van der Waals surface area contributed by atoms with Gasteiger partial charge >= 0.3 is 6.36 Å². The molecule has 0 bridgehead atoms. The molecule has 1 heterocycles. The number of aromatic nitrogens is 2. The summed E-state index contributed by atoms with van der Waals surface area (Å²) in [6.45, 7) is 0.0328. The van der Waals surface area contributed by atoms with Crippen LogP contribution >= 0.6 is 11.6 Å². The number of nitrogens with two attached hydrogens (primary N) is 2. The molecule has 6 nitrogen and oxygen atoms in total. The zero-order valence-electron chi connectivity index (χ0n) is 15.7. The Bertz CT molecular complexity index is 841. The molecule has 0 atom stereocenters. The fraction of sp³-hybridized carbons (Fsp3) is 0.474. The molecule has 1 fully saturated rings. The summed E-state index contributed by atoms with van der Waals surface area (Å²) in [7, 11) is 0. The van der Waals surface area contributed by atoms with Gasteiger partial charge in [0.2, 0.25) is 5.95 Å². The van der Waals surface area contributed by atoms with E-state index in [1.165, 1.54) is 18.2 Å². The van der Waals surface area contributed by atoms with Crippen LogP contribution in [0.3, 0.4) is 0 Å². The molecule has 1 saturated carbocycles. The van der Waals surface area contributed by atoms with Crippen molar-refractivity contribution in [3.05, 3.63) is 40.5 Å². The van der Waals surface area contributed by atoms with Crippen LogP contribution in [0.25, 0.3) is 0 Å². The predicted octanol–water partition coefficient (Wildman–Crippen LogP) is 4.28. The van der Waals surface area contributed by atoms with Gasteiger partial charge in [-0.1, -0.05) is 29.8 Å². The van der Waals surface area contributed by atoms with E-state index >= 15 is 0 Å². The maximum absolute atomic E-state index is 12.6. The van der Waals surface area contributed by atoms with E-state index in [1.807, 2.05) is 0 Å². The highest BCUT2D eigenvalue weighted by Crippen LogP contribution is 2.31. The van der Waals surface area contributed by atoms with Gasteiger partial charge in [0, 0.05) is 18.2 Å². The number of nitrogens with one attached hydrogen (secondary N) is 1. The first-order valence-corrected chi connectivity index (χ1v) is 9.74. The van der Waals surface area contributed by atoms with Crippen LogP contribution in [0.1, 0.15) is 36.9 Å². The molecule has 0 spiro atoms. The largest absolute Gasteiger partial charge is 0.573 e. The summed E-state index contributed by atoms with van der Waals surface area (Å²) in [5.74, 6) is 0.464. The van der Waals surface area contributed by atoms with Crippen molar-refractivity contribution in [3.8, 4) is 5.75 Å². The highest BCUT2D eigenvalue weighted by Gasteiger charge is 2.32. The number of alkyl halides is 3. The molecular weight excluding hydrogens is 407 g/mol. The Balaban J connectivity index is 1.71. The second-order valence-electron chi connectivity index (χ2n) is 7.19. The van der Waals surface area contributed by atoms with Crippen molar-refractivity contribution in [2.24, 2.45) is 11.7 Å². The van der Waals surface area contributed by atoms with E-state index in [0.717, 1.165) is 25.7 Å². The van der Waals surface area contributed by atoms with Crippen LogP contribution in [0.5, 0.6) is 5.75 Å². The predicted molar refractivity (Wildman–Crippen MR) is 106 cm³/mol. The third kappa shape index (κ3) is 6.11. The van der Waals surface area contributed by atoms with Crippen LogP contribution in [-0.4, -0.2) is 22.4 Å². The first-order valence-electron chi connectivity index (χ1n) is 9.36. The molecule has 0 aliphatic heterocycles. The Morgan fingerprint density at radius 2 is 1.83 bits per heavy atom. The van der Waals surface area contributed by atoms with E-state index in [4.69, 9.17) is 23.1 Å². The third-order valence-electron chi connectivity index (χ3n) is 4.95. The number of hydrogen-bond acceptors (Lipinski definition) is 6. The third-order valence-corrected chi connectivity index (χ3v) is 5.37. The smallest absolute Gasteiger partial charge is 0.405 e. The van der Waals surface area contributed by atoms with E-state index in [9.17, 15) is 13.2 Å². The molecule has 10 heteroatoms. The molecule has 1 aromatic carbocycles. The maximum atomic E-state index is 12.6. The Morgan fingerprint density at radius 3 is 2.52 bits per heavy atom. The second kappa shape index (κ2) is 9.04. The summed E-state index contributed by atoms with van der Waals surface area (Å²) in [6, 6.07) is 6.11. The summed E-state index contributed by atoms with van der Waals surface area (Å²) < 4.78 is 41.8. The lowest BCUT2D eigenvalue weighted by atomic mass is 9.84. The highest BCUT2D eigenvalue weighted by atomic mass is 35.5. The van der Waals surface area contributed by atoms with Crippen LogP contribution in [0.4, 0.5) is 24.9 Å². The van der Waals surface area contributed by atoms with Gasteiger partial charge in [-0.3, -0.25) is 0 Å². The Morgan fingerprint density at radius 1 is 1.14 bits per heavy atom. The van der Waals surface area contributed by atoms with Crippen LogP contribution in [0.2, 0.25) is 5.02 Å². The molecule has 0 saturated heterocycles. The van der Waals surface area contributed by atoms with Gasteiger partial charge in [-0.25, -0.2) is 4.98 Å². The molecule has 1 aliphatic carbocycles. The lowest BCUT2D eigenvalue weighted by molar-refractivity contribution is -0.274. The number of benzene rings is 1. The molecule has 1 aliphatic rings. The molecule has 5 N–H and O–H groups in total. The fourth-order valence-corrected chi connectivity index (χ4v) is 3.60.